The number of hydrogen-bond donors (Lipinski definition) is 0. The number of aromatic nitrogens is 2. The smallest absolute Gasteiger partial charge is 0.226 e. The standard InChI is InChI=1S/C11H17N5/c1-9(7-12)8-16(4)10-5-6-13-11(14-10)15(2)3/h5-6,9H,8H2,1-4H3. The van der Waals surface area contributed by atoms with E-state index in [9.17, 15) is 0 Å². The molecule has 1 unspecified atom stereocenters. The maximum Gasteiger partial charge on any atom is 0.226 e. The molecule has 0 N–H and O–H groups in total. The van der Waals surface area contributed by atoms with Crippen molar-refractivity contribution in [2.75, 3.05) is 37.5 Å². The lowest BCUT2D eigenvalue weighted by Gasteiger charge is -2.20. The average molecular weight is 219 g/mol. The third-order valence-electron chi connectivity index (χ3n) is 2.19. The first kappa shape index (κ1) is 12.2. The quantitative estimate of drug-likeness (QED) is 0.760. The Balaban J connectivity index is 2.80. The van der Waals surface area contributed by atoms with E-state index < -0.39 is 0 Å². The van der Waals surface area contributed by atoms with E-state index in [1.807, 2.05) is 43.9 Å². The number of rotatable bonds is 4. The summed E-state index contributed by atoms with van der Waals surface area (Å²) in [5, 5.41) is 8.76. The molecule has 0 aliphatic heterocycles. The first-order valence-corrected chi connectivity index (χ1v) is 5.15. The second-order valence-electron chi connectivity index (χ2n) is 4.02. The SMILES string of the molecule is CC(C#N)CN(C)c1ccnc(N(C)C)n1. The normalized spacial score (nSPS) is 11.7. The molecule has 0 aliphatic carbocycles. The molecule has 1 aromatic rings. The van der Waals surface area contributed by atoms with Gasteiger partial charge in [-0.05, 0) is 13.0 Å². The van der Waals surface area contributed by atoms with Gasteiger partial charge in [0, 0.05) is 33.9 Å². The topological polar surface area (TPSA) is 56.1 Å². The van der Waals surface area contributed by atoms with Gasteiger partial charge in [0.05, 0.1) is 12.0 Å². The van der Waals surface area contributed by atoms with Crippen LogP contribution in [-0.4, -0.2) is 37.7 Å². The van der Waals surface area contributed by atoms with Crippen LogP contribution < -0.4 is 9.80 Å². The van der Waals surface area contributed by atoms with E-state index in [1.165, 1.54) is 0 Å². The van der Waals surface area contributed by atoms with Crippen LogP contribution in [0, 0.1) is 17.2 Å². The predicted octanol–water partition coefficient (Wildman–Crippen LogP) is 1.14. The molecular weight excluding hydrogens is 202 g/mol. The minimum atomic E-state index is -0.0113. The summed E-state index contributed by atoms with van der Waals surface area (Å²) in [5.74, 6) is 1.50. The molecule has 0 fully saturated rings. The Hall–Kier alpha value is -1.83. The fourth-order valence-corrected chi connectivity index (χ4v) is 1.31. The summed E-state index contributed by atoms with van der Waals surface area (Å²) < 4.78 is 0. The summed E-state index contributed by atoms with van der Waals surface area (Å²) in [6, 6.07) is 4.05. The number of hydrogen-bond acceptors (Lipinski definition) is 5. The molecule has 0 amide bonds. The van der Waals surface area contributed by atoms with Gasteiger partial charge in [0.25, 0.3) is 0 Å². The maximum absolute atomic E-state index is 8.76. The highest BCUT2D eigenvalue weighted by atomic mass is 15.3. The van der Waals surface area contributed by atoms with Gasteiger partial charge in [-0.2, -0.15) is 10.2 Å². The van der Waals surface area contributed by atoms with E-state index in [0.717, 1.165) is 5.82 Å². The molecule has 86 valence electrons. The van der Waals surface area contributed by atoms with Crippen molar-refractivity contribution in [2.24, 2.45) is 5.92 Å². The molecule has 0 saturated heterocycles. The fraction of sp³-hybridized carbons (Fsp3) is 0.545. The Bertz CT molecular complexity index is 382. The zero-order valence-electron chi connectivity index (χ0n) is 10.2. The highest BCUT2D eigenvalue weighted by Gasteiger charge is 2.08. The molecule has 0 aliphatic rings. The fourth-order valence-electron chi connectivity index (χ4n) is 1.31. The van der Waals surface area contributed by atoms with E-state index in [0.29, 0.717) is 12.5 Å². The van der Waals surface area contributed by atoms with Crippen molar-refractivity contribution in [1.82, 2.24) is 9.97 Å². The molecule has 0 saturated carbocycles. The molecule has 5 nitrogen and oxygen atoms in total. The van der Waals surface area contributed by atoms with E-state index in [4.69, 9.17) is 5.26 Å². The zero-order chi connectivity index (χ0) is 12.1. The van der Waals surface area contributed by atoms with Gasteiger partial charge < -0.3 is 9.80 Å². The zero-order valence-corrected chi connectivity index (χ0v) is 10.2. The van der Waals surface area contributed by atoms with Crippen molar-refractivity contribution in [1.29, 1.82) is 5.26 Å². The Morgan fingerprint density at radius 2 is 2.12 bits per heavy atom. The lowest BCUT2D eigenvalue weighted by atomic mass is 10.2. The molecule has 0 radical (unpaired) electrons. The van der Waals surface area contributed by atoms with Gasteiger partial charge in [0.1, 0.15) is 5.82 Å². The molecule has 16 heavy (non-hydrogen) atoms. The number of anilines is 2. The second-order valence-corrected chi connectivity index (χ2v) is 4.02. The summed E-state index contributed by atoms with van der Waals surface area (Å²) >= 11 is 0. The van der Waals surface area contributed by atoms with Crippen LogP contribution in [0.5, 0.6) is 0 Å². The number of nitrogens with zero attached hydrogens (tertiary/aromatic N) is 5. The molecule has 0 spiro atoms. The Kier molecular flexibility index (Phi) is 4.06. The summed E-state index contributed by atoms with van der Waals surface area (Å²) in [7, 11) is 5.73. The summed E-state index contributed by atoms with van der Waals surface area (Å²) in [6.07, 6.45) is 1.73. The van der Waals surface area contributed by atoms with Gasteiger partial charge in [-0.3, -0.25) is 0 Å². The molecule has 5 heteroatoms. The highest BCUT2D eigenvalue weighted by Crippen LogP contribution is 2.13. The Labute approximate surface area is 96.3 Å². The summed E-state index contributed by atoms with van der Waals surface area (Å²) in [6.45, 7) is 2.56. The van der Waals surface area contributed by atoms with Crippen LogP contribution in [-0.2, 0) is 0 Å². The first-order valence-electron chi connectivity index (χ1n) is 5.15. The van der Waals surface area contributed by atoms with Gasteiger partial charge in [0.2, 0.25) is 5.95 Å². The first-order chi connectivity index (χ1) is 7.54. The monoisotopic (exact) mass is 219 g/mol. The van der Waals surface area contributed by atoms with Crippen molar-refractivity contribution in [3.05, 3.63) is 12.3 Å². The van der Waals surface area contributed by atoms with Crippen molar-refractivity contribution in [3.8, 4) is 6.07 Å². The molecule has 1 atom stereocenters. The van der Waals surface area contributed by atoms with Crippen LogP contribution in [0.1, 0.15) is 6.92 Å². The Morgan fingerprint density at radius 1 is 1.44 bits per heavy atom. The molecule has 0 bridgehead atoms. The van der Waals surface area contributed by atoms with E-state index >= 15 is 0 Å². The second kappa shape index (κ2) is 5.31. The van der Waals surface area contributed by atoms with E-state index in [-0.39, 0.29) is 5.92 Å². The van der Waals surface area contributed by atoms with Crippen molar-refractivity contribution >= 4 is 11.8 Å². The van der Waals surface area contributed by atoms with Crippen molar-refractivity contribution in [2.45, 2.75) is 6.92 Å². The van der Waals surface area contributed by atoms with Crippen LogP contribution >= 0.6 is 0 Å². The van der Waals surface area contributed by atoms with E-state index in [1.54, 1.807) is 6.20 Å². The van der Waals surface area contributed by atoms with Crippen molar-refractivity contribution in [3.63, 3.8) is 0 Å². The van der Waals surface area contributed by atoms with Crippen LogP contribution in [0.4, 0.5) is 11.8 Å². The summed E-state index contributed by atoms with van der Waals surface area (Å²) in [4.78, 5) is 12.3. The largest absolute Gasteiger partial charge is 0.358 e. The third kappa shape index (κ3) is 3.09. The summed E-state index contributed by atoms with van der Waals surface area (Å²) in [5.41, 5.74) is 0. The third-order valence-corrected chi connectivity index (χ3v) is 2.19. The van der Waals surface area contributed by atoms with Crippen molar-refractivity contribution < 1.29 is 0 Å². The van der Waals surface area contributed by atoms with Gasteiger partial charge in [-0.15, -0.1) is 0 Å². The van der Waals surface area contributed by atoms with Crippen LogP contribution in [0.2, 0.25) is 0 Å². The predicted molar refractivity (Wildman–Crippen MR) is 64.4 cm³/mol. The minimum absolute atomic E-state index is 0.0113. The van der Waals surface area contributed by atoms with Gasteiger partial charge in [-0.25, -0.2) is 4.98 Å². The van der Waals surface area contributed by atoms with Crippen LogP contribution in [0.3, 0.4) is 0 Å². The van der Waals surface area contributed by atoms with Gasteiger partial charge >= 0.3 is 0 Å². The van der Waals surface area contributed by atoms with Crippen LogP contribution in [0.25, 0.3) is 0 Å². The van der Waals surface area contributed by atoms with Crippen LogP contribution in [0.15, 0.2) is 12.3 Å². The van der Waals surface area contributed by atoms with E-state index in [2.05, 4.69) is 16.0 Å². The molecular formula is C11H17N5. The van der Waals surface area contributed by atoms with Gasteiger partial charge in [-0.1, -0.05) is 0 Å². The van der Waals surface area contributed by atoms with Gasteiger partial charge in [0.15, 0.2) is 0 Å². The maximum atomic E-state index is 8.76. The molecule has 1 rings (SSSR count). The highest BCUT2D eigenvalue weighted by molar-refractivity contribution is 5.42. The lowest BCUT2D eigenvalue weighted by Crippen LogP contribution is -2.25. The minimum Gasteiger partial charge on any atom is -0.358 e. The molecule has 1 heterocycles. The Morgan fingerprint density at radius 3 is 2.69 bits per heavy atom. The average Bonchev–Trinajstić information content (AvgIpc) is 2.28. The molecule has 1 aromatic heterocycles. The lowest BCUT2D eigenvalue weighted by molar-refractivity contribution is 0.709. The number of nitriles is 1. The molecule has 0 aromatic carbocycles.